The predicted molar refractivity (Wildman–Crippen MR) is 131 cm³/mol. The largest absolute Gasteiger partial charge is 0.486 e. The highest BCUT2D eigenvalue weighted by Crippen LogP contribution is 2.33. The molecule has 5 rings (SSSR count). The Labute approximate surface area is 207 Å². The number of nitrogens with zero attached hydrogens (tertiary/aromatic N) is 3. The third-order valence-corrected chi connectivity index (χ3v) is 6.22. The van der Waals surface area contributed by atoms with Gasteiger partial charge in [0.05, 0.1) is 22.2 Å². The summed E-state index contributed by atoms with van der Waals surface area (Å²) in [5, 5.41) is 21.3. The normalized spacial score (nSPS) is 13.2. The number of carboxylic acid groups (broad SMARTS) is 1. The van der Waals surface area contributed by atoms with E-state index in [-0.39, 0.29) is 28.8 Å². The number of carbonyl (C=O) groups excluding carboxylic acids is 1. The molecule has 1 N–H and O–H groups in total. The minimum Gasteiger partial charge on any atom is -0.486 e. The van der Waals surface area contributed by atoms with E-state index < -0.39 is 16.7 Å². The maximum atomic E-state index is 13.8. The monoisotopic (exact) mass is 503 g/mol. The number of fused-ring (bicyclic) bond motifs is 2. The number of ketones is 1. The first-order chi connectivity index (χ1) is 17.4. The van der Waals surface area contributed by atoms with Crippen molar-refractivity contribution >= 4 is 45.8 Å². The van der Waals surface area contributed by atoms with E-state index in [1.54, 1.807) is 30.3 Å². The Kier molecular flexibility index (Phi) is 6.13. The molecule has 0 aliphatic carbocycles. The number of aliphatic carboxylic acids is 1. The van der Waals surface area contributed by atoms with Crippen molar-refractivity contribution in [2.75, 3.05) is 13.2 Å². The van der Waals surface area contributed by atoms with Crippen LogP contribution in [0.5, 0.6) is 11.5 Å². The van der Waals surface area contributed by atoms with E-state index >= 15 is 0 Å². The van der Waals surface area contributed by atoms with Gasteiger partial charge < -0.3 is 14.6 Å². The van der Waals surface area contributed by atoms with Crippen LogP contribution < -0.4 is 9.47 Å². The van der Waals surface area contributed by atoms with Crippen LogP contribution >= 0.6 is 11.7 Å². The maximum absolute atomic E-state index is 13.8. The van der Waals surface area contributed by atoms with E-state index in [4.69, 9.17) is 9.47 Å². The van der Waals surface area contributed by atoms with Crippen molar-refractivity contribution in [3.05, 3.63) is 93.0 Å². The molecule has 0 atom stereocenters. The van der Waals surface area contributed by atoms with Crippen LogP contribution in [-0.4, -0.2) is 43.7 Å². The molecule has 0 bridgehead atoms. The van der Waals surface area contributed by atoms with E-state index in [9.17, 15) is 24.8 Å². The highest BCUT2D eigenvalue weighted by molar-refractivity contribution is 7.00. The Morgan fingerprint density at radius 2 is 1.61 bits per heavy atom. The third kappa shape index (κ3) is 4.51. The van der Waals surface area contributed by atoms with Crippen LogP contribution in [-0.2, 0) is 11.2 Å². The number of allylic oxidation sites excluding steroid dienone is 1. The number of hydrogen-bond acceptors (Lipinski definition) is 9. The van der Waals surface area contributed by atoms with Crippen molar-refractivity contribution in [2.45, 2.75) is 6.42 Å². The Morgan fingerprint density at radius 1 is 0.917 bits per heavy atom. The number of non-ortho nitro benzene ring substituents is 1. The molecule has 0 radical (unpaired) electrons. The van der Waals surface area contributed by atoms with Gasteiger partial charge in [-0.25, -0.2) is 4.79 Å². The van der Waals surface area contributed by atoms with Crippen LogP contribution in [0.15, 0.2) is 66.2 Å². The third-order valence-electron chi connectivity index (χ3n) is 5.66. The Hall–Kier alpha value is -4.64. The van der Waals surface area contributed by atoms with Crippen LogP contribution in [0.1, 0.15) is 21.5 Å². The van der Waals surface area contributed by atoms with Gasteiger partial charge in [0.1, 0.15) is 24.2 Å². The first-order valence-electron chi connectivity index (χ1n) is 10.8. The SMILES string of the molecule is O=C(O)/C(=C(\Cc1ccc([N+](=O)[O-])cc1)C(=O)c1ccc2c(c1)OCCO2)c1ccc2nsnc2c1. The van der Waals surface area contributed by atoms with Crippen LogP contribution in [0.4, 0.5) is 5.69 Å². The van der Waals surface area contributed by atoms with Gasteiger partial charge in [0.25, 0.3) is 5.69 Å². The van der Waals surface area contributed by atoms with E-state index in [2.05, 4.69) is 8.75 Å². The fourth-order valence-electron chi connectivity index (χ4n) is 3.95. The second kappa shape index (κ2) is 9.55. The number of benzene rings is 3. The number of hydrogen-bond donors (Lipinski definition) is 1. The number of aromatic nitrogens is 2. The molecule has 3 aromatic carbocycles. The molecule has 10 nitrogen and oxygen atoms in total. The Morgan fingerprint density at radius 3 is 2.33 bits per heavy atom. The lowest BCUT2D eigenvalue weighted by Crippen LogP contribution is -2.17. The van der Waals surface area contributed by atoms with Crippen LogP contribution in [0.3, 0.4) is 0 Å². The van der Waals surface area contributed by atoms with Gasteiger partial charge in [-0.15, -0.1) is 0 Å². The van der Waals surface area contributed by atoms with Crippen molar-refractivity contribution in [1.82, 2.24) is 8.75 Å². The van der Waals surface area contributed by atoms with Crippen LogP contribution in [0, 0.1) is 10.1 Å². The van der Waals surface area contributed by atoms with Gasteiger partial charge in [-0.05, 0) is 41.5 Å². The van der Waals surface area contributed by atoms with E-state index in [0.717, 1.165) is 11.7 Å². The summed E-state index contributed by atoms with van der Waals surface area (Å²) in [6.07, 6.45) is -0.0692. The minimum atomic E-state index is -1.29. The van der Waals surface area contributed by atoms with Gasteiger partial charge in [0, 0.05) is 29.7 Å². The molecular formula is C25H17N3O7S. The lowest BCUT2D eigenvalue weighted by Gasteiger charge is -2.19. The smallest absolute Gasteiger partial charge is 0.336 e. The van der Waals surface area contributed by atoms with Crippen molar-refractivity contribution in [3.63, 3.8) is 0 Å². The minimum absolute atomic E-state index is 0.00979. The number of Topliss-reactive ketones (excluding diaryl/α,β-unsaturated/α-hetero) is 1. The lowest BCUT2D eigenvalue weighted by atomic mass is 9.89. The quantitative estimate of drug-likeness (QED) is 0.169. The molecule has 0 saturated heterocycles. The first kappa shape index (κ1) is 23.1. The summed E-state index contributed by atoms with van der Waals surface area (Å²) in [5.41, 5.74) is 1.90. The molecule has 1 aliphatic rings. The topological polar surface area (TPSA) is 142 Å². The fraction of sp³-hybridized carbons (Fsp3) is 0.120. The molecule has 36 heavy (non-hydrogen) atoms. The van der Waals surface area contributed by atoms with E-state index in [0.29, 0.717) is 46.9 Å². The molecule has 0 amide bonds. The molecular weight excluding hydrogens is 486 g/mol. The molecule has 0 saturated carbocycles. The van der Waals surface area contributed by atoms with Crippen molar-refractivity contribution in [3.8, 4) is 11.5 Å². The molecule has 180 valence electrons. The summed E-state index contributed by atoms with van der Waals surface area (Å²) < 4.78 is 19.4. The standard InChI is InChI=1S/C25H17N3O7S/c29-24(16-4-8-21-22(13-16)35-10-9-34-21)18(11-14-1-5-17(6-2-14)28(32)33)23(25(30)31)15-3-7-19-20(12-15)27-36-26-19/h1-8,12-13H,9-11H2,(H,30,31)/b23-18+. The number of carbonyl (C=O) groups is 2. The fourth-order valence-corrected chi connectivity index (χ4v) is 4.46. The van der Waals surface area contributed by atoms with Crippen LogP contribution in [0.25, 0.3) is 16.6 Å². The molecule has 11 heteroatoms. The zero-order valence-corrected chi connectivity index (χ0v) is 19.4. The number of rotatable bonds is 7. The second-order valence-electron chi connectivity index (χ2n) is 7.91. The van der Waals surface area contributed by atoms with Gasteiger partial charge in [0.15, 0.2) is 17.3 Å². The zero-order chi connectivity index (χ0) is 25.2. The molecule has 4 aromatic rings. The summed E-state index contributed by atoms with van der Waals surface area (Å²) in [4.78, 5) is 36.8. The summed E-state index contributed by atoms with van der Waals surface area (Å²) in [6, 6.07) is 15.1. The van der Waals surface area contributed by atoms with E-state index in [1.165, 1.54) is 30.3 Å². The van der Waals surface area contributed by atoms with Gasteiger partial charge in [-0.1, -0.05) is 18.2 Å². The highest BCUT2D eigenvalue weighted by Gasteiger charge is 2.26. The van der Waals surface area contributed by atoms with Crippen LogP contribution in [0.2, 0.25) is 0 Å². The number of nitro groups is 1. The molecule has 1 aliphatic heterocycles. The first-order valence-corrected chi connectivity index (χ1v) is 11.5. The van der Waals surface area contributed by atoms with Gasteiger partial charge in [0.2, 0.25) is 0 Å². The van der Waals surface area contributed by atoms with Gasteiger partial charge in [-0.3, -0.25) is 14.9 Å². The summed E-state index contributed by atoms with van der Waals surface area (Å²) >= 11 is 1.00. The lowest BCUT2D eigenvalue weighted by molar-refractivity contribution is -0.384. The maximum Gasteiger partial charge on any atom is 0.336 e. The number of ether oxygens (including phenoxy) is 2. The van der Waals surface area contributed by atoms with Crippen molar-refractivity contribution in [1.29, 1.82) is 0 Å². The number of nitro benzene ring substituents is 1. The summed E-state index contributed by atoms with van der Waals surface area (Å²) in [7, 11) is 0. The highest BCUT2D eigenvalue weighted by atomic mass is 32.1. The summed E-state index contributed by atoms with van der Waals surface area (Å²) in [5.74, 6) is -0.910. The van der Waals surface area contributed by atoms with Gasteiger partial charge >= 0.3 is 5.97 Å². The Bertz CT molecular complexity index is 1540. The average molecular weight is 503 g/mol. The summed E-state index contributed by atoms with van der Waals surface area (Å²) in [6.45, 7) is 0.723. The predicted octanol–water partition coefficient (Wildman–Crippen LogP) is 4.33. The van der Waals surface area contributed by atoms with E-state index in [1.807, 2.05) is 0 Å². The average Bonchev–Trinajstić information content (AvgIpc) is 3.36. The number of carboxylic acids is 1. The molecule has 1 aromatic heterocycles. The zero-order valence-electron chi connectivity index (χ0n) is 18.5. The van der Waals surface area contributed by atoms with Crippen molar-refractivity contribution in [2.24, 2.45) is 0 Å². The molecule has 2 heterocycles. The Balaban J connectivity index is 1.65. The van der Waals surface area contributed by atoms with Crippen molar-refractivity contribution < 1.29 is 29.1 Å². The molecule has 0 unspecified atom stereocenters. The molecule has 0 spiro atoms. The van der Waals surface area contributed by atoms with Gasteiger partial charge in [-0.2, -0.15) is 8.75 Å². The second-order valence-corrected chi connectivity index (χ2v) is 8.44. The molecule has 0 fully saturated rings.